The first-order chi connectivity index (χ1) is 37.4. The first-order valence-electron chi connectivity index (χ1n) is 29.4. The van der Waals surface area contributed by atoms with Crippen molar-refractivity contribution in [1.29, 1.82) is 0 Å². The molecule has 6 rings (SSSR count). The van der Waals surface area contributed by atoms with E-state index in [1.165, 1.54) is 77.0 Å². The number of carbonyl (C=O) groups is 2. The summed E-state index contributed by atoms with van der Waals surface area (Å²) in [5, 5.41) is 14.0. The van der Waals surface area contributed by atoms with E-state index >= 15 is 0 Å². The van der Waals surface area contributed by atoms with Crippen LogP contribution in [0.5, 0.6) is 0 Å². The van der Waals surface area contributed by atoms with Crippen molar-refractivity contribution < 1.29 is 47.9 Å². The zero-order valence-corrected chi connectivity index (χ0v) is 46.2. The number of ether oxygens (including phenoxy) is 7. The van der Waals surface area contributed by atoms with Gasteiger partial charge in [-0.05, 0) is 41.5 Å². The van der Waals surface area contributed by atoms with Crippen LogP contribution in [0.4, 0.5) is 0 Å². The number of amides is 1. The third kappa shape index (κ3) is 22.9. The first-order valence-corrected chi connectivity index (χ1v) is 29.4. The van der Waals surface area contributed by atoms with Crippen LogP contribution in [0.25, 0.3) is 0 Å². The van der Waals surface area contributed by atoms with Gasteiger partial charge < -0.3 is 43.6 Å². The monoisotopic (exact) mass is 1050 g/mol. The largest absolute Gasteiger partial charge is 0.457 e. The topological polar surface area (TPSA) is 131 Å². The molecule has 4 aromatic rings. The number of fused-ring (bicyclic) bond motifs is 1. The lowest BCUT2D eigenvalue weighted by atomic mass is 9.87. The van der Waals surface area contributed by atoms with Crippen LogP contribution in [0, 0.1) is 5.92 Å². The number of aliphatic hydroxyl groups excluding tert-OH is 1. The van der Waals surface area contributed by atoms with Crippen LogP contribution in [0.2, 0.25) is 0 Å². The standard InChI is InChI=1S/C65H93NO10/c1-3-5-7-9-11-13-15-17-31-41-56(70-47-51-33-23-19-24-34-51)44-59(68)66-61-63(75-60(69)45-57(71-48-52-35-25-20-26-36-52)42-32-18-16-14-12-10-8-6-4-2)62-58(74-65(61)73-50-54-39-29-22-30-40-54)43-55(46-67)64(76-62)72-49-53-37-27-21-28-38-53/h19-30,33-40,55-58,61-65,67H,3-18,31-32,41-50H2,1-2H3,(H,66,68)/t55?,56-,57-,58?,61?,62-,63?,64?,65+/m1/s1. The van der Waals surface area contributed by atoms with Gasteiger partial charge in [0.1, 0.15) is 12.1 Å². The van der Waals surface area contributed by atoms with Crippen molar-refractivity contribution in [1.82, 2.24) is 5.32 Å². The van der Waals surface area contributed by atoms with Crippen LogP contribution in [0.15, 0.2) is 121 Å². The minimum Gasteiger partial charge on any atom is -0.457 e. The van der Waals surface area contributed by atoms with E-state index < -0.39 is 54.9 Å². The third-order valence-corrected chi connectivity index (χ3v) is 14.9. The molecule has 4 aromatic carbocycles. The number of benzene rings is 4. The fraction of sp³-hybridized carbons (Fsp3) is 0.600. The molecule has 2 saturated heterocycles. The Hall–Kier alpha value is -4.46. The van der Waals surface area contributed by atoms with Crippen molar-refractivity contribution >= 4 is 11.9 Å². The Kier molecular flexibility index (Phi) is 29.3. The molecule has 0 aromatic heterocycles. The predicted molar refractivity (Wildman–Crippen MR) is 300 cm³/mol. The minimum absolute atomic E-state index is 0.0101. The Labute approximate surface area is 456 Å². The quantitative estimate of drug-likeness (QED) is 0.0329. The fourth-order valence-corrected chi connectivity index (χ4v) is 10.5. The van der Waals surface area contributed by atoms with Gasteiger partial charge in [-0.1, -0.05) is 251 Å². The molecular weight excluding hydrogens is 955 g/mol. The third-order valence-electron chi connectivity index (χ3n) is 14.9. The minimum atomic E-state index is -1.05. The molecule has 2 aliphatic heterocycles. The maximum atomic E-state index is 14.7. The van der Waals surface area contributed by atoms with Gasteiger partial charge in [-0.15, -0.1) is 0 Å². The van der Waals surface area contributed by atoms with Gasteiger partial charge in [0.2, 0.25) is 5.91 Å². The molecule has 0 bridgehead atoms. The number of esters is 1. The molecule has 11 nitrogen and oxygen atoms in total. The zero-order chi connectivity index (χ0) is 53.3. The molecule has 0 saturated carbocycles. The number of nitrogens with one attached hydrogen (secondary N) is 1. The molecule has 5 unspecified atom stereocenters. The van der Waals surface area contributed by atoms with E-state index in [9.17, 15) is 14.7 Å². The van der Waals surface area contributed by atoms with Gasteiger partial charge in [0.15, 0.2) is 18.7 Å². The molecule has 2 N–H and O–H groups in total. The summed E-state index contributed by atoms with van der Waals surface area (Å²) in [4.78, 5) is 29.4. The number of carbonyl (C=O) groups excluding carboxylic acids is 2. The molecule has 2 aliphatic rings. The summed E-state index contributed by atoms with van der Waals surface area (Å²) >= 11 is 0. The summed E-state index contributed by atoms with van der Waals surface area (Å²) in [5.41, 5.74) is 3.93. The molecule has 0 spiro atoms. The Balaban J connectivity index is 1.23. The summed E-state index contributed by atoms with van der Waals surface area (Å²) in [7, 11) is 0. The van der Waals surface area contributed by atoms with E-state index in [1.54, 1.807) is 0 Å². The average Bonchev–Trinajstić information content (AvgIpc) is 3.46. The smallest absolute Gasteiger partial charge is 0.308 e. The summed E-state index contributed by atoms with van der Waals surface area (Å²) in [6.45, 7) is 5.45. The van der Waals surface area contributed by atoms with Crippen LogP contribution < -0.4 is 5.32 Å². The normalized spacial score (nSPS) is 21.1. The second-order valence-electron chi connectivity index (χ2n) is 21.3. The van der Waals surface area contributed by atoms with Crippen LogP contribution in [-0.4, -0.2) is 72.7 Å². The lowest BCUT2D eigenvalue weighted by Gasteiger charge is -2.50. The molecular formula is C65H93NO10. The molecule has 2 heterocycles. The Morgan fingerprint density at radius 2 is 0.934 bits per heavy atom. The highest BCUT2D eigenvalue weighted by atomic mass is 16.7. The van der Waals surface area contributed by atoms with E-state index in [1.807, 2.05) is 121 Å². The summed E-state index contributed by atoms with van der Waals surface area (Å²) < 4.78 is 46.5. The van der Waals surface area contributed by atoms with Crippen LogP contribution >= 0.6 is 0 Å². The number of hydrogen-bond acceptors (Lipinski definition) is 10. The lowest BCUT2D eigenvalue weighted by molar-refractivity contribution is -0.338. The SMILES string of the molecule is CCCCCCCCCCC[C@H](CC(=O)NC1C(OC(=O)C[C@@H](CCCCCCCCCCC)OCc2ccccc2)[C@@H]2OC(OCc3ccccc3)C(CO)CC2O[C@@H]1OCc1ccccc1)OCc1ccccc1. The predicted octanol–water partition coefficient (Wildman–Crippen LogP) is 14.1. The van der Waals surface area contributed by atoms with E-state index in [2.05, 4.69) is 19.2 Å². The maximum Gasteiger partial charge on any atom is 0.308 e. The van der Waals surface area contributed by atoms with Crippen LogP contribution in [0.3, 0.4) is 0 Å². The highest BCUT2D eigenvalue weighted by Gasteiger charge is 2.54. The molecule has 2 fully saturated rings. The van der Waals surface area contributed by atoms with Crippen molar-refractivity contribution in [2.45, 2.75) is 237 Å². The summed E-state index contributed by atoms with van der Waals surface area (Å²) in [5.74, 6) is -1.19. The molecule has 11 heteroatoms. The van der Waals surface area contributed by atoms with Gasteiger partial charge in [-0.3, -0.25) is 9.59 Å². The number of hydrogen-bond donors (Lipinski definition) is 2. The number of rotatable bonds is 39. The number of unbranched alkanes of at least 4 members (excludes halogenated alkanes) is 16. The molecule has 76 heavy (non-hydrogen) atoms. The van der Waals surface area contributed by atoms with Gasteiger partial charge in [-0.2, -0.15) is 0 Å². The van der Waals surface area contributed by atoms with Crippen LogP contribution in [-0.2, 0) is 69.2 Å². The highest BCUT2D eigenvalue weighted by Crippen LogP contribution is 2.38. The highest BCUT2D eigenvalue weighted by molar-refractivity contribution is 5.77. The van der Waals surface area contributed by atoms with Crippen molar-refractivity contribution in [3.8, 4) is 0 Å². The molecule has 0 aliphatic carbocycles. The molecule has 418 valence electrons. The van der Waals surface area contributed by atoms with E-state index in [0.29, 0.717) is 26.1 Å². The summed E-state index contributed by atoms with van der Waals surface area (Å²) in [6.07, 6.45) is 18.1. The van der Waals surface area contributed by atoms with Gasteiger partial charge in [0.05, 0.1) is 64.2 Å². The van der Waals surface area contributed by atoms with Gasteiger partial charge in [0, 0.05) is 5.92 Å². The fourth-order valence-electron chi connectivity index (χ4n) is 10.5. The Morgan fingerprint density at radius 3 is 1.38 bits per heavy atom. The van der Waals surface area contributed by atoms with E-state index in [4.69, 9.17) is 33.2 Å². The summed E-state index contributed by atoms with van der Waals surface area (Å²) in [6, 6.07) is 38.7. The molecule has 0 radical (unpaired) electrons. The number of aliphatic hydroxyl groups is 1. The van der Waals surface area contributed by atoms with E-state index in [0.717, 1.165) is 67.2 Å². The van der Waals surface area contributed by atoms with Gasteiger partial charge in [-0.25, -0.2) is 0 Å². The van der Waals surface area contributed by atoms with Crippen molar-refractivity contribution in [2.75, 3.05) is 6.61 Å². The van der Waals surface area contributed by atoms with Gasteiger partial charge >= 0.3 is 5.97 Å². The zero-order valence-electron chi connectivity index (χ0n) is 46.2. The second-order valence-corrected chi connectivity index (χ2v) is 21.3. The van der Waals surface area contributed by atoms with Crippen molar-refractivity contribution in [3.63, 3.8) is 0 Å². The Bertz CT molecular complexity index is 2100. The van der Waals surface area contributed by atoms with E-state index in [-0.39, 0.29) is 44.7 Å². The van der Waals surface area contributed by atoms with Crippen LogP contribution in [0.1, 0.15) is 184 Å². The second kappa shape index (κ2) is 36.6. The molecule has 9 atom stereocenters. The first kappa shape index (κ1) is 60.8. The maximum absolute atomic E-state index is 14.7. The van der Waals surface area contributed by atoms with Gasteiger partial charge in [0.25, 0.3) is 0 Å². The Morgan fingerprint density at radius 1 is 0.526 bits per heavy atom. The average molecular weight is 1050 g/mol. The lowest BCUT2D eigenvalue weighted by Crippen LogP contribution is -2.68. The van der Waals surface area contributed by atoms with Crippen molar-refractivity contribution in [3.05, 3.63) is 144 Å². The van der Waals surface area contributed by atoms with Crippen molar-refractivity contribution in [2.24, 2.45) is 5.92 Å². The molecule has 1 amide bonds.